The molecule has 0 saturated carbocycles. The van der Waals surface area contributed by atoms with Gasteiger partial charge in [0.25, 0.3) is 0 Å². The molecular weight excluding hydrogens is 488 g/mol. The van der Waals surface area contributed by atoms with E-state index in [-0.39, 0.29) is 16.2 Å². The van der Waals surface area contributed by atoms with E-state index in [9.17, 15) is 13.2 Å². The summed E-state index contributed by atoms with van der Waals surface area (Å²) in [6.07, 6.45) is 3.00. The molecule has 0 aliphatic carbocycles. The van der Waals surface area contributed by atoms with Crippen LogP contribution < -0.4 is 4.74 Å². The van der Waals surface area contributed by atoms with Crippen molar-refractivity contribution in [2.75, 3.05) is 39.1 Å². The molecule has 11 heteroatoms. The van der Waals surface area contributed by atoms with Crippen LogP contribution in [0.15, 0.2) is 46.5 Å². The Hall–Kier alpha value is -2.89. The quantitative estimate of drug-likeness (QED) is 0.537. The molecule has 184 valence electrons. The molecule has 35 heavy (non-hydrogen) atoms. The summed E-state index contributed by atoms with van der Waals surface area (Å²) in [5.74, 6) is 1.25. The fourth-order valence-corrected chi connectivity index (χ4v) is 5.79. The van der Waals surface area contributed by atoms with Crippen LogP contribution >= 0.6 is 11.8 Å². The normalized spacial score (nSPS) is 18.6. The van der Waals surface area contributed by atoms with Crippen molar-refractivity contribution >= 4 is 43.5 Å². The number of amides is 1. The first kappa shape index (κ1) is 23.8. The van der Waals surface area contributed by atoms with Crippen LogP contribution in [-0.4, -0.2) is 78.6 Å². The minimum Gasteiger partial charge on any atom is -0.456 e. The topological polar surface area (TPSA) is 114 Å². The fraction of sp³-hybridized carbons (Fsp3) is 0.375. The third-order valence-electron chi connectivity index (χ3n) is 5.94. The van der Waals surface area contributed by atoms with Gasteiger partial charge in [-0.1, -0.05) is 11.8 Å². The van der Waals surface area contributed by atoms with Gasteiger partial charge in [-0.05, 0) is 42.8 Å². The number of thioether (sulfide) groups is 1. The van der Waals surface area contributed by atoms with E-state index in [2.05, 4.69) is 9.97 Å². The highest BCUT2D eigenvalue weighted by Crippen LogP contribution is 2.33. The van der Waals surface area contributed by atoms with E-state index < -0.39 is 9.84 Å². The number of nitrogens with one attached hydrogen (secondary N) is 1. The van der Waals surface area contributed by atoms with Crippen LogP contribution in [0.5, 0.6) is 11.5 Å². The fourth-order valence-electron chi connectivity index (χ4n) is 4.16. The number of rotatable bonds is 6. The van der Waals surface area contributed by atoms with Crippen molar-refractivity contribution in [3.8, 4) is 11.5 Å². The summed E-state index contributed by atoms with van der Waals surface area (Å²) < 4.78 is 34.5. The van der Waals surface area contributed by atoms with Crippen molar-refractivity contribution in [3.63, 3.8) is 0 Å². The van der Waals surface area contributed by atoms with Gasteiger partial charge in [-0.3, -0.25) is 9.79 Å². The number of hydrogen-bond donors (Lipinski definition) is 1. The van der Waals surface area contributed by atoms with Crippen molar-refractivity contribution < 1.29 is 22.7 Å². The van der Waals surface area contributed by atoms with E-state index in [1.165, 1.54) is 12.3 Å². The van der Waals surface area contributed by atoms with Crippen molar-refractivity contribution in [3.05, 3.63) is 47.8 Å². The van der Waals surface area contributed by atoms with Crippen LogP contribution in [0.25, 0.3) is 10.9 Å². The maximum atomic E-state index is 12.6. The van der Waals surface area contributed by atoms with Gasteiger partial charge in [0.15, 0.2) is 14.9 Å². The van der Waals surface area contributed by atoms with E-state index in [0.717, 1.165) is 33.5 Å². The van der Waals surface area contributed by atoms with Crippen LogP contribution in [-0.2, 0) is 19.4 Å². The number of carbonyl (C=O) groups excluding carboxylic acids is 1. The van der Waals surface area contributed by atoms with Gasteiger partial charge in [0.1, 0.15) is 16.5 Å². The zero-order valence-electron chi connectivity index (χ0n) is 19.5. The third kappa shape index (κ3) is 5.36. The second kappa shape index (κ2) is 9.63. The molecule has 1 atom stereocenters. The summed E-state index contributed by atoms with van der Waals surface area (Å²) in [5, 5.41) is 2.02. The number of sulfone groups is 1. The van der Waals surface area contributed by atoms with Gasteiger partial charge in [-0.25, -0.2) is 13.4 Å². The summed E-state index contributed by atoms with van der Waals surface area (Å²) in [6.45, 7) is 5.14. The second-order valence-corrected chi connectivity index (χ2v) is 11.9. The van der Waals surface area contributed by atoms with Gasteiger partial charge in [-0.15, -0.1) is 0 Å². The van der Waals surface area contributed by atoms with E-state index in [1.54, 1.807) is 17.8 Å². The van der Waals surface area contributed by atoms with E-state index >= 15 is 0 Å². The number of H-pyrrole nitrogens is 1. The summed E-state index contributed by atoms with van der Waals surface area (Å²) in [4.78, 5) is 26.6. The van der Waals surface area contributed by atoms with Crippen molar-refractivity contribution in [2.45, 2.75) is 23.6 Å². The highest BCUT2D eigenvalue weighted by atomic mass is 32.2. The molecule has 0 radical (unpaired) electrons. The molecule has 1 saturated heterocycles. The Bertz CT molecular complexity index is 1390. The second-order valence-electron chi connectivity index (χ2n) is 8.68. The van der Waals surface area contributed by atoms with Crippen molar-refractivity contribution in [1.29, 1.82) is 0 Å². The summed E-state index contributed by atoms with van der Waals surface area (Å²) in [7, 11) is -3.36. The molecule has 4 heterocycles. The molecule has 3 aromatic rings. The molecule has 0 bridgehead atoms. The summed E-state index contributed by atoms with van der Waals surface area (Å²) in [6, 6.07) is 8.90. The average Bonchev–Trinajstić information content (AvgIpc) is 3.47. The minimum absolute atomic E-state index is 0.00606. The molecule has 0 spiro atoms. The Morgan fingerprint density at radius 2 is 2.03 bits per heavy atom. The molecule has 1 unspecified atom stereocenters. The van der Waals surface area contributed by atoms with E-state index in [4.69, 9.17) is 14.5 Å². The number of ether oxygens (including phenoxy) is 2. The van der Waals surface area contributed by atoms with Gasteiger partial charge in [0.05, 0.1) is 31.6 Å². The lowest BCUT2D eigenvalue weighted by Crippen LogP contribution is -2.41. The largest absolute Gasteiger partial charge is 0.456 e. The number of aromatic amines is 1. The Kier molecular flexibility index (Phi) is 6.56. The average molecular weight is 515 g/mol. The van der Waals surface area contributed by atoms with Crippen LogP contribution in [0.3, 0.4) is 0 Å². The van der Waals surface area contributed by atoms with Crippen molar-refractivity contribution in [2.24, 2.45) is 4.99 Å². The first-order valence-corrected chi connectivity index (χ1v) is 14.1. The molecule has 2 aliphatic heterocycles. The lowest BCUT2D eigenvalue weighted by molar-refractivity contribution is -0.135. The lowest BCUT2D eigenvalue weighted by atomic mass is 10.1. The Balaban J connectivity index is 1.27. The van der Waals surface area contributed by atoms with E-state index in [1.807, 2.05) is 30.0 Å². The van der Waals surface area contributed by atoms with Gasteiger partial charge in [-0.2, -0.15) is 0 Å². The first-order valence-electron chi connectivity index (χ1n) is 11.3. The number of fused-ring (bicyclic) bond motifs is 1. The highest BCUT2D eigenvalue weighted by molar-refractivity contribution is 8.15. The van der Waals surface area contributed by atoms with E-state index in [0.29, 0.717) is 50.8 Å². The van der Waals surface area contributed by atoms with Crippen LogP contribution in [0.2, 0.25) is 0 Å². The van der Waals surface area contributed by atoms with Gasteiger partial charge in [0.2, 0.25) is 5.91 Å². The monoisotopic (exact) mass is 514 g/mol. The smallest absolute Gasteiger partial charge is 0.223 e. The highest BCUT2D eigenvalue weighted by Gasteiger charge is 2.27. The number of carbonyl (C=O) groups is 1. The maximum absolute atomic E-state index is 12.6. The van der Waals surface area contributed by atoms with Crippen LogP contribution in [0.1, 0.15) is 17.7 Å². The van der Waals surface area contributed by atoms with Gasteiger partial charge < -0.3 is 19.4 Å². The number of benzene rings is 1. The minimum atomic E-state index is -3.36. The number of pyridine rings is 1. The number of aliphatic imine (C=N–C) groups is 1. The maximum Gasteiger partial charge on any atom is 0.223 e. The number of nitrogens with zero attached hydrogens (tertiary/aromatic N) is 3. The van der Waals surface area contributed by atoms with Gasteiger partial charge >= 0.3 is 0 Å². The number of aromatic nitrogens is 2. The third-order valence-corrected chi connectivity index (χ3v) is 8.16. The molecule has 2 aromatic heterocycles. The Labute approximate surface area is 207 Å². The molecule has 1 amide bonds. The number of morpholine rings is 1. The molecule has 9 nitrogen and oxygen atoms in total. The van der Waals surface area contributed by atoms with Crippen LogP contribution in [0.4, 0.5) is 0 Å². The van der Waals surface area contributed by atoms with Crippen molar-refractivity contribution in [1.82, 2.24) is 14.9 Å². The Morgan fingerprint density at radius 1 is 1.23 bits per heavy atom. The summed E-state index contributed by atoms with van der Waals surface area (Å²) >= 11 is 1.64. The van der Waals surface area contributed by atoms with Crippen LogP contribution in [0, 0.1) is 6.92 Å². The van der Waals surface area contributed by atoms with Gasteiger partial charge in [0, 0.05) is 41.9 Å². The molecular formula is C24H26N4O5S2. The predicted octanol–water partition coefficient (Wildman–Crippen LogP) is 3.18. The molecule has 1 N–H and O–H groups in total. The SMILES string of the molecule is Cc1cc(Oc2ccc(S(C)(=O)=O)nc2)cc2cc(C3=NCC(CC(=O)N4CCOCC4)S3)[nH]c12. The zero-order chi connectivity index (χ0) is 24.6. The number of hydrogen-bond acceptors (Lipinski definition) is 8. The zero-order valence-corrected chi connectivity index (χ0v) is 21.1. The number of aryl methyl sites for hydroxylation is 1. The summed E-state index contributed by atoms with van der Waals surface area (Å²) in [5.41, 5.74) is 2.92. The standard InChI is InChI=1S/C24H26N4O5S2/c1-15-9-18(33-17-3-4-21(25-13-17)35(2,30)31)10-16-11-20(27-23(15)16)24-26-14-19(34-24)12-22(29)28-5-7-32-8-6-28/h3-4,9-11,13,19,27H,5-8,12,14H2,1-2H3. The lowest BCUT2D eigenvalue weighted by Gasteiger charge is -2.27. The predicted molar refractivity (Wildman–Crippen MR) is 135 cm³/mol. The molecule has 1 aromatic carbocycles. The Morgan fingerprint density at radius 3 is 2.74 bits per heavy atom. The first-order chi connectivity index (χ1) is 16.8. The molecule has 2 aliphatic rings. The molecule has 1 fully saturated rings. The molecule has 5 rings (SSSR count).